The molecule has 1 saturated heterocycles. The summed E-state index contributed by atoms with van der Waals surface area (Å²) in [4.78, 5) is 24.1. The summed E-state index contributed by atoms with van der Waals surface area (Å²) >= 11 is 0. The highest BCUT2D eigenvalue weighted by molar-refractivity contribution is 7.89. The molecule has 1 aliphatic heterocycles. The van der Waals surface area contributed by atoms with Gasteiger partial charge in [0.1, 0.15) is 16.6 Å². The van der Waals surface area contributed by atoms with Crippen molar-refractivity contribution in [2.45, 2.75) is 57.6 Å². The lowest BCUT2D eigenvalue weighted by molar-refractivity contribution is -0.157. The van der Waals surface area contributed by atoms with Gasteiger partial charge in [0, 0.05) is 13.1 Å². The Hall–Kier alpha value is -1.94. The van der Waals surface area contributed by atoms with Gasteiger partial charge in [-0.05, 0) is 40.5 Å². The van der Waals surface area contributed by atoms with E-state index in [9.17, 15) is 18.0 Å². The predicted octanol–water partition coefficient (Wildman–Crippen LogP) is 0.512. The summed E-state index contributed by atoms with van der Waals surface area (Å²) < 4.78 is 37.0. The molecule has 0 radical (unpaired) electrons. The molecule has 0 bridgehead atoms. The zero-order valence-electron chi connectivity index (χ0n) is 14.7. The van der Waals surface area contributed by atoms with Crippen molar-refractivity contribution >= 4 is 21.9 Å². The Morgan fingerprint density at radius 2 is 2.12 bits per heavy atom. The average molecular weight is 373 g/mol. The van der Waals surface area contributed by atoms with E-state index in [0.717, 1.165) is 4.31 Å². The van der Waals surface area contributed by atoms with Gasteiger partial charge in [-0.2, -0.15) is 4.31 Å². The number of carbonyl (C=O) groups excluding carboxylic acids is 2. The van der Waals surface area contributed by atoms with Crippen LogP contribution in [-0.2, 0) is 24.3 Å². The first-order chi connectivity index (χ1) is 11.7. The number of carbonyl (C=O) groups is 2. The monoisotopic (exact) mass is 373 g/mol. The third kappa shape index (κ3) is 3.84. The molecule has 2 heterocycles. The summed E-state index contributed by atoms with van der Waals surface area (Å²) in [5.74, 6) is -0.979. The zero-order chi connectivity index (χ0) is 18.8. The molecule has 1 aromatic rings. The minimum Gasteiger partial charge on any atom is -0.451 e. The first-order valence-corrected chi connectivity index (χ1v) is 9.57. The molecule has 0 spiro atoms. The summed E-state index contributed by atoms with van der Waals surface area (Å²) in [5.41, 5.74) is 0.243. The maximum atomic E-state index is 12.9. The number of nitrogens with zero attached hydrogens (tertiary/aromatic N) is 2. The van der Waals surface area contributed by atoms with Crippen LogP contribution in [0.15, 0.2) is 9.42 Å². The molecule has 0 aliphatic carbocycles. The largest absolute Gasteiger partial charge is 0.451 e. The third-order valence-corrected chi connectivity index (χ3v) is 6.18. The van der Waals surface area contributed by atoms with Crippen molar-refractivity contribution in [3.8, 4) is 0 Å². The Labute approximate surface area is 146 Å². The van der Waals surface area contributed by atoms with Gasteiger partial charge in [-0.1, -0.05) is 5.16 Å². The summed E-state index contributed by atoms with van der Waals surface area (Å²) in [6.07, 6.45) is -0.127. The summed E-state index contributed by atoms with van der Waals surface area (Å²) in [7, 11) is -3.94. The van der Waals surface area contributed by atoms with Crippen LogP contribution in [0.5, 0.6) is 0 Å². The molecule has 0 aromatic carbocycles. The predicted molar refractivity (Wildman–Crippen MR) is 87.1 cm³/mol. The van der Waals surface area contributed by atoms with Crippen LogP contribution in [0.1, 0.15) is 38.1 Å². The Kier molecular flexibility index (Phi) is 5.83. The van der Waals surface area contributed by atoms with Crippen LogP contribution in [0.3, 0.4) is 0 Å². The standard InChI is InChI=1S/C15H23N3O6S/c1-5-16-14(19)11(4)23-15(20)12-7-6-8-18(12)25(21,22)13-9(2)17-24-10(13)3/h11-12H,5-8H2,1-4H3,(H,16,19)/t11-,12+/m1/s1. The molecule has 0 unspecified atom stereocenters. The Balaban J connectivity index is 2.20. The number of rotatable bonds is 6. The van der Waals surface area contributed by atoms with Crippen LogP contribution in [0.2, 0.25) is 0 Å². The molecule has 140 valence electrons. The van der Waals surface area contributed by atoms with Crippen molar-refractivity contribution in [2.24, 2.45) is 0 Å². The van der Waals surface area contributed by atoms with E-state index < -0.39 is 34.0 Å². The number of hydrogen-bond donors (Lipinski definition) is 1. The van der Waals surface area contributed by atoms with Crippen molar-refractivity contribution in [2.75, 3.05) is 13.1 Å². The van der Waals surface area contributed by atoms with Crippen LogP contribution in [0.4, 0.5) is 0 Å². The van der Waals surface area contributed by atoms with Crippen molar-refractivity contribution < 1.29 is 27.3 Å². The van der Waals surface area contributed by atoms with E-state index in [0.29, 0.717) is 19.4 Å². The fraction of sp³-hybridized carbons (Fsp3) is 0.667. The molecule has 1 fully saturated rings. The number of hydrogen-bond acceptors (Lipinski definition) is 7. The maximum absolute atomic E-state index is 12.9. The van der Waals surface area contributed by atoms with Crippen LogP contribution < -0.4 is 5.32 Å². The molecule has 1 aromatic heterocycles. The minimum atomic E-state index is -3.94. The topological polar surface area (TPSA) is 119 Å². The molecule has 2 atom stereocenters. The Bertz CT molecular complexity index is 738. The molecular formula is C15H23N3O6S. The molecule has 1 amide bonds. The highest BCUT2D eigenvalue weighted by atomic mass is 32.2. The van der Waals surface area contributed by atoms with Gasteiger partial charge in [0.25, 0.3) is 5.91 Å². The molecule has 1 N–H and O–H groups in total. The number of likely N-dealkylation sites (N-methyl/N-ethyl adjacent to an activating group) is 1. The van der Waals surface area contributed by atoms with Gasteiger partial charge in [-0.3, -0.25) is 9.59 Å². The first kappa shape index (κ1) is 19.4. The fourth-order valence-electron chi connectivity index (χ4n) is 2.85. The second-order valence-electron chi connectivity index (χ2n) is 5.90. The van der Waals surface area contributed by atoms with Crippen molar-refractivity contribution in [3.05, 3.63) is 11.5 Å². The third-order valence-electron chi connectivity index (χ3n) is 4.02. The van der Waals surface area contributed by atoms with Crippen molar-refractivity contribution in [3.63, 3.8) is 0 Å². The van der Waals surface area contributed by atoms with E-state index in [1.54, 1.807) is 6.92 Å². The van der Waals surface area contributed by atoms with E-state index in [1.165, 1.54) is 20.8 Å². The van der Waals surface area contributed by atoms with Crippen molar-refractivity contribution in [1.82, 2.24) is 14.8 Å². The summed E-state index contributed by atoms with van der Waals surface area (Å²) in [5, 5.41) is 6.22. The van der Waals surface area contributed by atoms with Gasteiger partial charge in [0.15, 0.2) is 11.9 Å². The van der Waals surface area contributed by atoms with Crippen LogP contribution in [-0.4, -0.2) is 55.0 Å². The summed E-state index contributed by atoms with van der Waals surface area (Å²) in [6.45, 7) is 6.85. The number of aryl methyl sites for hydroxylation is 2. The number of sulfonamides is 1. The van der Waals surface area contributed by atoms with E-state index in [4.69, 9.17) is 9.26 Å². The lowest BCUT2D eigenvalue weighted by Crippen LogP contribution is -2.44. The first-order valence-electron chi connectivity index (χ1n) is 8.13. The highest BCUT2D eigenvalue weighted by Crippen LogP contribution is 2.30. The molecule has 2 rings (SSSR count). The molecule has 0 saturated carbocycles. The molecule has 25 heavy (non-hydrogen) atoms. The molecule has 10 heteroatoms. The van der Waals surface area contributed by atoms with Crippen LogP contribution in [0, 0.1) is 13.8 Å². The van der Waals surface area contributed by atoms with Gasteiger partial charge < -0.3 is 14.6 Å². The Morgan fingerprint density at radius 1 is 1.44 bits per heavy atom. The highest BCUT2D eigenvalue weighted by Gasteiger charge is 2.43. The quantitative estimate of drug-likeness (QED) is 0.722. The summed E-state index contributed by atoms with van der Waals surface area (Å²) in [6, 6.07) is -0.962. The van der Waals surface area contributed by atoms with E-state index >= 15 is 0 Å². The molecular weight excluding hydrogens is 350 g/mol. The average Bonchev–Trinajstić information content (AvgIpc) is 3.15. The second-order valence-corrected chi connectivity index (χ2v) is 7.73. The number of nitrogens with one attached hydrogen (secondary N) is 1. The lowest BCUT2D eigenvalue weighted by atomic mass is 10.2. The minimum absolute atomic E-state index is 0.0241. The van der Waals surface area contributed by atoms with E-state index in [-0.39, 0.29) is 22.9 Å². The number of aromatic nitrogens is 1. The van der Waals surface area contributed by atoms with Crippen LogP contribution in [0.25, 0.3) is 0 Å². The maximum Gasteiger partial charge on any atom is 0.325 e. The van der Waals surface area contributed by atoms with Gasteiger partial charge in [0.2, 0.25) is 10.0 Å². The lowest BCUT2D eigenvalue weighted by Gasteiger charge is -2.23. The van der Waals surface area contributed by atoms with Crippen LogP contribution >= 0.6 is 0 Å². The second kappa shape index (κ2) is 7.52. The smallest absolute Gasteiger partial charge is 0.325 e. The van der Waals surface area contributed by atoms with Crippen molar-refractivity contribution in [1.29, 1.82) is 0 Å². The normalized spacial score (nSPS) is 19.6. The van der Waals surface area contributed by atoms with Gasteiger partial charge >= 0.3 is 5.97 Å². The zero-order valence-corrected chi connectivity index (χ0v) is 15.6. The molecule has 1 aliphatic rings. The fourth-order valence-corrected chi connectivity index (χ4v) is 4.79. The number of ether oxygens (including phenoxy) is 1. The van der Waals surface area contributed by atoms with Gasteiger partial charge in [-0.15, -0.1) is 0 Å². The van der Waals surface area contributed by atoms with Gasteiger partial charge in [0.05, 0.1) is 0 Å². The molecule has 9 nitrogen and oxygen atoms in total. The number of amides is 1. The van der Waals surface area contributed by atoms with E-state index in [2.05, 4.69) is 10.5 Å². The number of esters is 1. The van der Waals surface area contributed by atoms with Gasteiger partial charge in [-0.25, -0.2) is 8.42 Å². The Morgan fingerprint density at radius 3 is 2.68 bits per heavy atom. The SMILES string of the molecule is CCNC(=O)[C@@H](C)OC(=O)[C@@H]1CCCN1S(=O)(=O)c1c(C)noc1C. The van der Waals surface area contributed by atoms with E-state index in [1.807, 2.05) is 0 Å².